The van der Waals surface area contributed by atoms with Gasteiger partial charge >= 0.3 is 0 Å². The lowest BCUT2D eigenvalue weighted by Gasteiger charge is -2.34. The van der Waals surface area contributed by atoms with Gasteiger partial charge in [0.2, 0.25) is 0 Å². The first-order chi connectivity index (χ1) is 12.8. The summed E-state index contributed by atoms with van der Waals surface area (Å²) in [6.07, 6.45) is 7.15. The molecular weight excluding hydrogens is 344 g/mol. The lowest BCUT2D eigenvalue weighted by molar-refractivity contribution is 0.0643. The van der Waals surface area contributed by atoms with Crippen LogP contribution in [0.4, 0.5) is 0 Å². The van der Waals surface area contributed by atoms with E-state index in [1.165, 1.54) is 23.3 Å². The zero-order valence-electron chi connectivity index (χ0n) is 15.1. The first-order valence-corrected chi connectivity index (χ1v) is 10.3. The van der Waals surface area contributed by atoms with E-state index in [1.54, 1.807) is 11.3 Å². The number of thiophene rings is 1. The number of hydrogen-bond acceptors (Lipinski definition) is 5. The van der Waals surface area contributed by atoms with Gasteiger partial charge in [0, 0.05) is 56.0 Å². The van der Waals surface area contributed by atoms with E-state index in [0.29, 0.717) is 6.04 Å². The first-order valence-electron chi connectivity index (χ1n) is 9.53. The number of carbonyl (C=O) groups excluding carboxylic acids is 1. The summed E-state index contributed by atoms with van der Waals surface area (Å²) in [4.78, 5) is 23.5. The van der Waals surface area contributed by atoms with Crippen molar-refractivity contribution in [2.75, 3.05) is 39.3 Å². The van der Waals surface area contributed by atoms with Crippen molar-refractivity contribution in [2.45, 2.75) is 25.3 Å². The molecule has 5 nitrogen and oxygen atoms in total. The van der Waals surface area contributed by atoms with Crippen molar-refractivity contribution in [1.29, 1.82) is 0 Å². The molecule has 138 valence electrons. The van der Waals surface area contributed by atoms with Crippen LogP contribution in [0.15, 0.2) is 36.7 Å². The van der Waals surface area contributed by atoms with Crippen LogP contribution in [0.2, 0.25) is 0 Å². The van der Waals surface area contributed by atoms with E-state index in [4.69, 9.17) is 0 Å². The van der Waals surface area contributed by atoms with E-state index in [-0.39, 0.29) is 5.91 Å². The highest BCUT2D eigenvalue weighted by molar-refractivity contribution is 7.14. The molecule has 0 radical (unpaired) electrons. The van der Waals surface area contributed by atoms with E-state index >= 15 is 0 Å². The molecule has 4 rings (SSSR count). The van der Waals surface area contributed by atoms with E-state index in [0.717, 1.165) is 50.6 Å². The summed E-state index contributed by atoms with van der Waals surface area (Å²) in [5.74, 6) is 0.202. The Bertz CT molecular complexity index is 718. The predicted octanol–water partition coefficient (Wildman–Crippen LogP) is 2.57. The summed E-state index contributed by atoms with van der Waals surface area (Å²) >= 11 is 1.67. The fraction of sp³-hybridized carbons (Fsp3) is 0.500. The molecular formula is C20H26N4OS. The summed E-state index contributed by atoms with van der Waals surface area (Å²) in [7, 11) is 0. The second kappa shape index (κ2) is 8.29. The van der Waals surface area contributed by atoms with Crippen LogP contribution in [0.1, 0.15) is 39.0 Å². The third-order valence-electron chi connectivity index (χ3n) is 5.37. The highest BCUT2D eigenvalue weighted by Gasteiger charge is 2.25. The summed E-state index contributed by atoms with van der Waals surface area (Å²) in [6.45, 7) is 5.70. The molecule has 0 bridgehead atoms. The number of pyridine rings is 1. The molecule has 1 N–H and O–H groups in total. The Kier molecular flexibility index (Phi) is 5.62. The van der Waals surface area contributed by atoms with E-state index < -0.39 is 0 Å². The van der Waals surface area contributed by atoms with Gasteiger partial charge in [0.05, 0.1) is 4.88 Å². The maximum Gasteiger partial charge on any atom is 0.264 e. The highest BCUT2D eigenvalue weighted by atomic mass is 32.1. The molecule has 1 atom stereocenters. The molecule has 26 heavy (non-hydrogen) atoms. The maximum atomic E-state index is 12.8. The van der Waals surface area contributed by atoms with Crippen LogP contribution in [0, 0.1) is 0 Å². The number of nitrogens with zero attached hydrogens (tertiary/aromatic N) is 3. The number of carbonyl (C=O) groups is 1. The molecule has 1 amide bonds. The Balaban J connectivity index is 1.27. The van der Waals surface area contributed by atoms with Gasteiger partial charge in [0.25, 0.3) is 5.91 Å². The monoisotopic (exact) mass is 370 g/mol. The van der Waals surface area contributed by atoms with Gasteiger partial charge in [-0.15, -0.1) is 11.3 Å². The van der Waals surface area contributed by atoms with Crippen LogP contribution in [0.3, 0.4) is 0 Å². The molecule has 0 aromatic carbocycles. The van der Waals surface area contributed by atoms with Crippen molar-refractivity contribution in [3.8, 4) is 0 Å². The molecule has 2 aromatic heterocycles. The van der Waals surface area contributed by atoms with Gasteiger partial charge in [-0.2, -0.15) is 0 Å². The molecule has 0 spiro atoms. The van der Waals surface area contributed by atoms with Crippen LogP contribution in [0.25, 0.3) is 0 Å². The summed E-state index contributed by atoms with van der Waals surface area (Å²) in [6, 6.07) is 8.75. The molecule has 2 saturated heterocycles. The fourth-order valence-electron chi connectivity index (χ4n) is 3.75. The highest BCUT2D eigenvalue weighted by Crippen LogP contribution is 2.30. The first kappa shape index (κ1) is 17.6. The number of piperazine rings is 1. The summed E-state index contributed by atoms with van der Waals surface area (Å²) < 4.78 is 0. The van der Waals surface area contributed by atoms with Gasteiger partial charge < -0.3 is 10.2 Å². The van der Waals surface area contributed by atoms with Gasteiger partial charge in [-0.05, 0) is 55.6 Å². The standard InChI is InChI=1S/C20H26N4OS/c25-20(19-4-3-18(26-19)17-2-1-8-22-17)24-14-12-23(13-15-24)11-7-16-5-9-21-10-6-16/h3-6,9-10,17,22H,1-2,7-8,11-15H2. The molecule has 0 aliphatic carbocycles. The SMILES string of the molecule is O=C(c1ccc(C2CCCN2)s1)N1CCN(CCc2ccncc2)CC1. The number of rotatable bonds is 5. The third-order valence-corrected chi connectivity index (χ3v) is 6.55. The second-order valence-corrected chi connectivity index (χ2v) is 8.21. The average Bonchev–Trinajstić information content (AvgIpc) is 3.38. The summed E-state index contributed by atoms with van der Waals surface area (Å²) in [5.41, 5.74) is 1.32. The third kappa shape index (κ3) is 4.14. The van der Waals surface area contributed by atoms with Crippen LogP contribution in [0.5, 0.6) is 0 Å². The fourth-order valence-corrected chi connectivity index (χ4v) is 4.84. The van der Waals surface area contributed by atoms with Crippen LogP contribution in [-0.4, -0.2) is 60.0 Å². The molecule has 1 unspecified atom stereocenters. The predicted molar refractivity (Wildman–Crippen MR) is 105 cm³/mol. The Morgan fingerprint density at radius 1 is 1.15 bits per heavy atom. The van der Waals surface area contributed by atoms with Crippen molar-refractivity contribution in [1.82, 2.24) is 20.1 Å². The quantitative estimate of drug-likeness (QED) is 0.879. The van der Waals surface area contributed by atoms with Gasteiger partial charge in [-0.1, -0.05) is 0 Å². The van der Waals surface area contributed by atoms with Crippen molar-refractivity contribution < 1.29 is 4.79 Å². The minimum absolute atomic E-state index is 0.202. The van der Waals surface area contributed by atoms with E-state index in [1.807, 2.05) is 23.4 Å². The number of amides is 1. The summed E-state index contributed by atoms with van der Waals surface area (Å²) in [5, 5.41) is 3.51. The average molecular weight is 371 g/mol. The topological polar surface area (TPSA) is 48.5 Å². The lowest BCUT2D eigenvalue weighted by atomic mass is 10.2. The van der Waals surface area contributed by atoms with E-state index in [2.05, 4.69) is 33.4 Å². The van der Waals surface area contributed by atoms with Crippen molar-refractivity contribution in [3.63, 3.8) is 0 Å². The zero-order chi connectivity index (χ0) is 17.8. The van der Waals surface area contributed by atoms with Crippen molar-refractivity contribution in [3.05, 3.63) is 52.0 Å². The molecule has 0 saturated carbocycles. The zero-order valence-corrected chi connectivity index (χ0v) is 15.9. The Hall–Kier alpha value is -1.76. The van der Waals surface area contributed by atoms with Gasteiger partial charge in [0.15, 0.2) is 0 Å². The molecule has 4 heterocycles. The Morgan fingerprint density at radius 3 is 2.69 bits per heavy atom. The molecule has 6 heteroatoms. The number of aromatic nitrogens is 1. The van der Waals surface area contributed by atoms with Crippen LogP contribution < -0.4 is 5.32 Å². The van der Waals surface area contributed by atoms with Crippen molar-refractivity contribution in [2.24, 2.45) is 0 Å². The number of hydrogen-bond donors (Lipinski definition) is 1. The molecule has 2 aliphatic rings. The molecule has 2 fully saturated rings. The second-order valence-electron chi connectivity index (χ2n) is 7.09. The van der Waals surface area contributed by atoms with Gasteiger partial charge in [-0.25, -0.2) is 0 Å². The van der Waals surface area contributed by atoms with Crippen LogP contribution in [-0.2, 0) is 6.42 Å². The molecule has 2 aromatic rings. The van der Waals surface area contributed by atoms with Crippen molar-refractivity contribution >= 4 is 17.2 Å². The molecule has 2 aliphatic heterocycles. The smallest absolute Gasteiger partial charge is 0.264 e. The Morgan fingerprint density at radius 2 is 1.96 bits per heavy atom. The van der Waals surface area contributed by atoms with Gasteiger partial charge in [0.1, 0.15) is 0 Å². The van der Waals surface area contributed by atoms with Crippen LogP contribution >= 0.6 is 11.3 Å². The van der Waals surface area contributed by atoms with Gasteiger partial charge in [-0.3, -0.25) is 14.7 Å². The maximum absolute atomic E-state index is 12.8. The Labute approximate surface area is 159 Å². The minimum atomic E-state index is 0.202. The number of nitrogens with one attached hydrogen (secondary N) is 1. The largest absolute Gasteiger partial charge is 0.335 e. The van der Waals surface area contributed by atoms with E-state index in [9.17, 15) is 4.79 Å². The minimum Gasteiger partial charge on any atom is -0.335 e. The lowest BCUT2D eigenvalue weighted by Crippen LogP contribution is -2.48. The normalized spacial score (nSPS) is 21.2.